The average molecular weight is 213 g/mol. The molecule has 0 radical (unpaired) electrons. The summed E-state index contributed by atoms with van der Waals surface area (Å²) in [7, 11) is 4.07. The third kappa shape index (κ3) is 3.80. The average Bonchev–Trinajstić information content (AvgIpc) is 2.78. The Morgan fingerprint density at radius 1 is 1.47 bits per heavy atom. The minimum atomic E-state index is -0.547. The first-order chi connectivity index (χ1) is 6.75. The third-order valence-corrected chi connectivity index (χ3v) is 2.71. The number of hydrogen-bond acceptors (Lipinski definition) is 3. The van der Waals surface area contributed by atoms with Gasteiger partial charge in [0.1, 0.15) is 0 Å². The van der Waals surface area contributed by atoms with Crippen molar-refractivity contribution in [3.8, 4) is 0 Å². The number of carbonyl (C=O) groups is 1. The van der Waals surface area contributed by atoms with Crippen LogP contribution in [0.2, 0.25) is 0 Å². The molecule has 3 N–H and O–H groups in total. The highest BCUT2D eigenvalue weighted by Gasteiger charge is 2.46. The van der Waals surface area contributed by atoms with Gasteiger partial charge in [-0.15, -0.1) is 0 Å². The van der Waals surface area contributed by atoms with E-state index in [-0.39, 0.29) is 11.3 Å². The molecule has 0 spiro atoms. The quantitative estimate of drug-likeness (QED) is 0.685. The van der Waals surface area contributed by atoms with E-state index in [0.717, 1.165) is 19.4 Å². The fraction of sp³-hybridized carbons (Fsp3) is 0.909. The first kappa shape index (κ1) is 12.5. The van der Waals surface area contributed by atoms with Crippen LogP contribution in [0.3, 0.4) is 0 Å². The molecule has 1 saturated carbocycles. The van der Waals surface area contributed by atoms with E-state index in [9.17, 15) is 4.79 Å². The van der Waals surface area contributed by atoms with E-state index in [2.05, 4.69) is 24.1 Å². The van der Waals surface area contributed by atoms with Gasteiger partial charge in [0.25, 0.3) is 0 Å². The summed E-state index contributed by atoms with van der Waals surface area (Å²) >= 11 is 0. The second-order valence-corrected chi connectivity index (χ2v) is 5.74. The summed E-state index contributed by atoms with van der Waals surface area (Å²) in [4.78, 5) is 13.7. The number of carbonyl (C=O) groups excluding carboxylic acids is 1. The fourth-order valence-corrected chi connectivity index (χ4v) is 1.77. The number of nitrogens with zero attached hydrogens (tertiary/aromatic N) is 1. The van der Waals surface area contributed by atoms with Crippen LogP contribution < -0.4 is 11.1 Å². The molecule has 0 saturated heterocycles. The van der Waals surface area contributed by atoms with E-state index < -0.39 is 5.54 Å². The number of nitrogens with two attached hydrogens (primary N) is 1. The summed E-state index contributed by atoms with van der Waals surface area (Å²) in [5.41, 5.74) is 5.34. The van der Waals surface area contributed by atoms with Gasteiger partial charge in [-0.1, -0.05) is 13.8 Å². The van der Waals surface area contributed by atoms with Crippen molar-refractivity contribution in [1.29, 1.82) is 0 Å². The van der Waals surface area contributed by atoms with Crippen LogP contribution in [-0.4, -0.2) is 43.5 Å². The van der Waals surface area contributed by atoms with Gasteiger partial charge in [-0.2, -0.15) is 0 Å². The van der Waals surface area contributed by atoms with Crippen LogP contribution in [0.25, 0.3) is 0 Å². The van der Waals surface area contributed by atoms with Gasteiger partial charge in [-0.25, -0.2) is 0 Å². The van der Waals surface area contributed by atoms with Crippen LogP contribution in [0.4, 0.5) is 0 Å². The summed E-state index contributed by atoms with van der Waals surface area (Å²) in [6.45, 7) is 5.92. The van der Waals surface area contributed by atoms with Crippen molar-refractivity contribution in [2.45, 2.75) is 32.2 Å². The monoisotopic (exact) mass is 213 g/mol. The van der Waals surface area contributed by atoms with Crippen molar-refractivity contribution >= 4 is 5.91 Å². The van der Waals surface area contributed by atoms with E-state index >= 15 is 0 Å². The van der Waals surface area contributed by atoms with Crippen LogP contribution >= 0.6 is 0 Å². The minimum Gasteiger partial charge on any atom is -0.354 e. The van der Waals surface area contributed by atoms with Crippen molar-refractivity contribution in [1.82, 2.24) is 10.2 Å². The molecule has 0 unspecified atom stereocenters. The predicted molar refractivity (Wildman–Crippen MR) is 61.5 cm³/mol. The molecular formula is C11H23N3O. The van der Waals surface area contributed by atoms with Crippen molar-refractivity contribution < 1.29 is 4.79 Å². The topological polar surface area (TPSA) is 58.4 Å². The van der Waals surface area contributed by atoms with Gasteiger partial charge in [0.05, 0.1) is 5.54 Å². The molecule has 0 aliphatic heterocycles. The molecule has 0 heterocycles. The Morgan fingerprint density at radius 2 is 2.00 bits per heavy atom. The molecule has 0 aromatic heterocycles. The van der Waals surface area contributed by atoms with E-state index in [4.69, 9.17) is 5.73 Å². The standard InChI is InChI=1S/C11H23N3O/c1-10(2,8-14(3)4)7-13-9(15)11(12)5-6-11/h5-8,12H2,1-4H3,(H,13,15). The van der Waals surface area contributed by atoms with E-state index in [1.165, 1.54) is 0 Å². The first-order valence-corrected chi connectivity index (χ1v) is 5.47. The number of hydrogen-bond donors (Lipinski definition) is 2. The van der Waals surface area contributed by atoms with Gasteiger partial charge in [-0.3, -0.25) is 4.79 Å². The smallest absolute Gasteiger partial charge is 0.240 e. The Balaban J connectivity index is 2.32. The van der Waals surface area contributed by atoms with E-state index in [1.807, 2.05) is 14.1 Å². The molecule has 1 aliphatic rings. The zero-order valence-electron chi connectivity index (χ0n) is 10.3. The molecule has 1 aliphatic carbocycles. The Kier molecular flexibility index (Phi) is 3.41. The van der Waals surface area contributed by atoms with Gasteiger partial charge in [0.2, 0.25) is 5.91 Å². The molecule has 15 heavy (non-hydrogen) atoms. The lowest BCUT2D eigenvalue weighted by atomic mass is 9.93. The molecular weight excluding hydrogens is 190 g/mol. The zero-order chi connectivity index (χ0) is 11.7. The van der Waals surface area contributed by atoms with E-state index in [0.29, 0.717) is 6.54 Å². The predicted octanol–water partition coefficient (Wildman–Crippen LogP) is 0.182. The van der Waals surface area contributed by atoms with Crippen LogP contribution in [0.5, 0.6) is 0 Å². The maximum absolute atomic E-state index is 11.6. The Bertz CT molecular complexity index is 244. The highest BCUT2D eigenvalue weighted by molar-refractivity contribution is 5.88. The van der Waals surface area contributed by atoms with Crippen LogP contribution in [-0.2, 0) is 4.79 Å². The molecule has 4 nitrogen and oxygen atoms in total. The molecule has 0 atom stereocenters. The van der Waals surface area contributed by atoms with Crippen LogP contribution in [0, 0.1) is 5.41 Å². The third-order valence-electron chi connectivity index (χ3n) is 2.71. The van der Waals surface area contributed by atoms with Crippen LogP contribution in [0.1, 0.15) is 26.7 Å². The highest BCUT2D eigenvalue weighted by atomic mass is 16.2. The van der Waals surface area contributed by atoms with E-state index in [1.54, 1.807) is 0 Å². The molecule has 1 rings (SSSR count). The number of rotatable bonds is 5. The summed E-state index contributed by atoms with van der Waals surface area (Å²) in [5, 5.41) is 2.94. The SMILES string of the molecule is CN(C)CC(C)(C)CNC(=O)C1(N)CC1. The van der Waals surface area contributed by atoms with Crippen molar-refractivity contribution in [2.75, 3.05) is 27.2 Å². The van der Waals surface area contributed by atoms with Gasteiger partial charge in [-0.05, 0) is 32.4 Å². The van der Waals surface area contributed by atoms with Gasteiger partial charge >= 0.3 is 0 Å². The summed E-state index contributed by atoms with van der Waals surface area (Å²) < 4.78 is 0. The molecule has 1 amide bonds. The zero-order valence-corrected chi connectivity index (χ0v) is 10.3. The van der Waals surface area contributed by atoms with Gasteiger partial charge < -0.3 is 16.0 Å². The maximum atomic E-state index is 11.6. The van der Waals surface area contributed by atoms with Gasteiger partial charge in [0.15, 0.2) is 0 Å². The van der Waals surface area contributed by atoms with Gasteiger partial charge in [0, 0.05) is 13.1 Å². The largest absolute Gasteiger partial charge is 0.354 e. The Hall–Kier alpha value is -0.610. The second kappa shape index (κ2) is 4.10. The summed E-state index contributed by atoms with van der Waals surface area (Å²) in [5.74, 6) is 0.00864. The summed E-state index contributed by atoms with van der Waals surface area (Å²) in [6.07, 6.45) is 1.65. The second-order valence-electron chi connectivity index (χ2n) is 5.74. The Labute approximate surface area is 92.2 Å². The molecule has 4 heteroatoms. The van der Waals surface area contributed by atoms with Crippen molar-refractivity contribution in [3.05, 3.63) is 0 Å². The van der Waals surface area contributed by atoms with Crippen molar-refractivity contribution in [2.24, 2.45) is 11.1 Å². The number of amides is 1. The molecule has 88 valence electrons. The lowest BCUT2D eigenvalue weighted by Gasteiger charge is -2.29. The lowest BCUT2D eigenvalue weighted by molar-refractivity contribution is -0.123. The molecule has 0 aromatic rings. The number of nitrogens with one attached hydrogen (secondary N) is 1. The molecule has 0 bridgehead atoms. The normalized spacial score (nSPS) is 19.1. The lowest BCUT2D eigenvalue weighted by Crippen LogP contribution is -2.47. The first-order valence-electron chi connectivity index (χ1n) is 5.47. The minimum absolute atomic E-state index is 0.00864. The molecule has 1 fully saturated rings. The highest BCUT2D eigenvalue weighted by Crippen LogP contribution is 2.32. The summed E-state index contributed by atoms with van der Waals surface area (Å²) in [6, 6.07) is 0. The molecule has 0 aromatic carbocycles. The van der Waals surface area contributed by atoms with Crippen molar-refractivity contribution in [3.63, 3.8) is 0 Å². The van der Waals surface area contributed by atoms with Crippen LogP contribution in [0.15, 0.2) is 0 Å². The fourth-order valence-electron chi connectivity index (χ4n) is 1.77. The maximum Gasteiger partial charge on any atom is 0.240 e. The Morgan fingerprint density at radius 3 is 2.40 bits per heavy atom.